The molecule has 0 unspecified atom stereocenters. The molecular formula is C18H14F2N4O. The lowest BCUT2D eigenvalue weighted by molar-refractivity contribution is 0.102. The lowest BCUT2D eigenvalue weighted by atomic mass is 10.2. The van der Waals surface area contributed by atoms with Crippen LogP contribution >= 0.6 is 0 Å². The van der Waals surface area contributed by atoms with E-state index < -0.39 is 17.5 Å². The van der Waals surface area contributed by atoms with E-state index in [4.69, 9.17) is 0 Å². The Morgan fingerprint density at radius 1 is 1.08 bits per heavy atom. The molecule has 0 saturated carbocycles. The first-order valence-corrected chi connectivity index (χ1v) is 7.43. The SMILES string of the molecule is CN(c1ccccc1)c1nccc(C(=O)Nc2ccc(F)cc2F)n1. The molecule has 0 aliphatic rings. The fourth-order valence-corrected chi connectivity index (χ4v) is 2.18. The van der Waals surface area contributed by atoms with Gasteiger partial charge in [0.2, 0.25) is 5.95 Å². The molecule has 0 aliphatic heterocycles. The molecule has 0 radical (unpaired) electrons. The number of nitrogens with one attached hydrogen (secondary N) is 1. The van der Waals surface area contributed by atoms with E-state index in [-0.39, 0.29) is 11.4 Å². The van der Waals surface area contributed by atoms with Crippen molar-refractivity contribution in [1.82, 2.24) is 9.97 Å². The first kappa shape index (κ1) is 16.5. The second-order valence-corrected chi connectivity index (χ2v) is 5.21. The minimum Gasteiger partial charge on any atom is -0.318 e. The standard InChI is InChI=1S/C18H14F2N4O/c1-24(13-5-3-2-4-6-13)18-21-10-9-16(23-18)17(25)22-15-8-7-12(19)11-14(15)20/h2-11H,1H3,(H,22,25). The number of hydrogen-bond donors (Lipinski definition) is 1. The van der Waals surface area contributed by atoms with Crippen molar-refractivity contribution in [3.05, 3.63) is 78.1 Å². The van der Waals surface area contributed by atoms with Gasteiger partial charge in [0.05, 0.1) is 5.69 Å². The highest BCUT2D eigenvalue weighted by Crippen LogP contribution is 2.20. The maximum absolute atomic E-state index is 13.7. The zero-order valence-electron chi connectivity index (χ0n) is 13.3. The molecule has 25 heavy (non-hydrogen) atoms. The molecule has 3 rings (SSSR count). The predicted molar refractivity (Wildman–Crippen MR) is 90.8 cm³/mol. The average molecular weight is 340 g/mol. The van der Waals surface area contributed by atoms with Crippen molar-refractivity contribution in [1.29, 1.82) is 0 Å². The van der Waals surface area contributed by atoms with E-state index >= 15 is 0 Å². The van der Waals surface area contributed by atoms with Crippen LogP contribution in [-0.4, -0.2) is 22.9 Å². The van der Waals surface area contributed by atoms with Gasteiger partial charge in [0.25, 0.3) is 5.91 Å². The molecule has 2 aromatic carbocycles. The number of carbonyl (C=O) groups excluding carboxylic acids is 1. The number of rotatable bonds is 4. The van der Waals surface area contributed by atoms with Crippen LogP contribution in [0.1, 0.15) is 10.5 Å². The molecule has 1 heterocycles. The van der Waals surface area contributed by atoms with Crippen LogP contribution in [0.25, 0.3) is 0 Å². The Bertz CT molecular complexity index is 903. The largest absolute Gasteiger partial charge is 0.318 e. The minimum absolute atomic E-state index is 0.0662. The Morgan fingerprint density at radius 3 is 2.56 bits per heavy atom. The number of anilines is 3. The topological polar surface area (TPSA) is 58.1 Å². The van der Waals surface area contributed by atoms with Gasteiger partial charge in [-0.05, 0) is 30.3 Å². The first-order valence-electron chi connectivity index (χ1n) is 7.43. The fourth-order valence-electron chi connectivity index (χ4n) is 2.18. The Balaban J connectivity index is 1.82. The van der Waals surface area contributed by atoms with E-state index in [1.54, 1.807) is 11.9 Å². The average Bonchev–Trinajstić information content (AvgIpc) is 2.64. The summed E-state index contributed by atoms with van der Waals surface area (Å²) >= 11 is 0. The second-order valence-electron chi connectivity index (χ2n) is 5.21. The van der Waals surface area contributed by atoms with Gasteiger partial charge in [-0.3, -0.25) is 4.79 Å². The monoisotopic (exact) mass is 340 g/mol. The van der Waals surface area contributed by atoms with Crippen LogP contribution < -0.4 is 10.2 Å². The number of nitrogens with zero attached hydrogens (tertiary/aromatic N) is 3. The number of amides is 1. The van der Waals surface area contributed by atoms with Crippen LogP contribution in [-0.2, 0) is 0 Å². The van der Waals surface area contributed by atoms with Crippen molar-refractivity contribution in [2.45, 2.75) is 0 Å². The molecule has 0 atom stereocenters. The molecule has 7 heteroatoms. The van der Waals surface area contributed by atoms with Crippen molar-refractivity contribution in [2.24, 2.45) is 0 Å². The van der Waals surface area contributed by atoms with Crippen LogP contribution in [0.2, 0.25) is 0 Å². The van der Waals surface area contributed by atoms with Gasteiger partial charge in [0.1, 0.15) is 17.3 Å². The molecule has 126 valence electrons. The summed E-state index contributed by atoms with van der Waals surface area (Å²) in [6.07, 6.45) is 1.44. The van der Waals surface area contributed by atoms with Gasteiger partial charge in [0, 0.05) is 25.0 Å². The Hall–Kier alpha value is -3.35. The van der Waals surface area contributed by atoms with Crippen LogP contribution in [0.5, 0.6) is 0 Å². The third-order valence-corrected chi connectivity index (χ3v) is 3.50. The summed E-state index contributed by atoms with van der Waals surface area (Å²) in [6, 6.07) is 13.7. The number of aromatic nitrogens is 2. The summed E-state index contributed by atoms with van der Waals surface area (Å²) in [7, 11) is 1.77. The van der Waals surface area contributed by atoms with Gasteiger partial charge >= 0.3 is 0 Å². The van der Waals surface area contributed by atoms with E-state index in [1.165, 1.54) is 12.3 Å². The Kier molecular flexibility index (Phi) is 4.65. The minimum atomic E-state index is -0.857. The van der Waals surface area contributed by atoms with E-state index in [2.05, 4.69) is 15.3 Å². The Morgan fingerprint density at radius 2 is 1.84 bits per heavy atom. The lowest BCUT2D eigenvalue weighted by Crippen LogP contribution is -2.18. The third kappa shape index (κ3) is 3.77. The van der Waals surface area contributed by atoms with Crippen LogP contribution in [0.4, 0.5) is 26.1 Å². The van der Waals surface area contributed by atoms with Crippen molar-refractivity contribution < 1.29 is 13.6 Å². The molecule has 0 saturated heterocycles. The van der Waals surface area contributed by atoms with E-state index in [9.17, 15) is 13.6 Å². The number of benzene rings is 2. The molecule has 5 nitrogen and oxygen atoms in total. The number of halogens is 2. The maximum atomic E-state index is 13.7. The van der Waals surface area contributed by atoms with Gasteiger partial charge in [-0.25, -0.2) is 18.7 Å². The quantitative estimate of drug-likeness (QED) is 0.785. The molecular weight excluding hydrogens is 326 g/mol. The predicted octanol–water partition coefficient (Wildman–Crippen LogP) is 3.78. The van der Waals surface area contributed by atoms with E-state index in [0.29, 0.717) is 12.0 Å². The summed E-state index contributed by atoms with van der Waals surface area (Å²) in [5.41, 5.74) is 0.795. The zero-order valence-corrected chi connectivity index (χ0v) is 13.3. The van der Waals surface area contributed by atoms with Crippen molar-refractivity contribution in [3.8, 4) is 0 Å². The molecule has 3 aromatic rings. The summed E-state index contributed by atoms with van der Waals surface area (Å²) in [5.74, 6) is -1.87. The van der Waals surface area contributed by atoms with Gasteiger partial charge in [-0.1, -0.05) is 18.2 Å². The number of hydrogen-bond acceptors (Lipinski definition) is 4. The molecule has 0 spiro atoms. The first-order chi connectivity index (χ1) is 12.0. The number of para-hydroxylation sites is 1. The third-order valence-electron chi connectivity index (χ3n) is 3.50. The highest BCUT2D eigenvalue weighted by atomic mass is 19.1. The molecule has 1 amide bonds. The highest BCUT2D eigenvalue weighted by molar-refractivity contribution is 6.03. The normalized spacial score (nSPS) is 10.4. The highest BCUT2D eigenvalue weighted by Gasteiger charge is 2.14. The summed E-state index contributed by atoms with van der Waals surface area (Å²) in [5, 5.41) is 2.37. The van der Waals surface area contributed by atoms with Crippen molar-refractivity contribution in [3.63, 3.8) is 0 Å². The van der Waals surface area contributed by atoms with Gasteiger partial charge in [0.15, 0.2) is 0 Å². The molecule has 1 aromatic heterocycles. The van der Waals surface area contributed by atoms with E-state index in [1.807, 2.05) is 30.3 Å². The lowest BCUT2D eigenvalue weighted by Gasteiger charge is -2.17. The molecule has 0 aliphatic carbocycles. The second kappa shape index (κ2) is 7.04. The molecule has 1 N–H and O–H groups in total. The fraction of sp³-hybridized carbons (Fsp3) is 0.0556. The van der Waals surface area contributed by atoms with Crippen molar-refractivity contribution in [2.75, 3.05) is 17.3 Å². The van der Waals surface area contributed by atoms with E-state index in [0.717, 1.165) is 17.8 Å². The summed E-state index contributed by atoms with van der Waals surface area (Å²) in [4.78, 5) is 22.3. The maximum Gasteiger partial charge on any atom is 0.274 e. The van der Waals surface area contributed by atoms with Crippen LogP contribution in [0.15, 0.2) is 60.8 Å². The number of carbonyl (C=O) groups is 1. The smallest absolute Gasteiger partial charge is 0.274 e. The van der Waals surface area contributed by atoms with Crippen LogP contribution in [0.3, 0.4) is 0 Å². The zero-order chi connectivity index (χ0) is 17.8. The summed E-state index contributed by atoms with van der Waals surface area (Å²) < 4.78 is 26.6. The van der Waals surface area contributed by atoms with Crippen LogP contribution in [0, 0.1) is 11.6 Å². The summed E-state index contributed by atoms with van der Waals surface area (Å²) in [6.45, 7) is 0. The van der Waals surface area contributed by atoms with Gasteiger partial charge in [-0.15, -0.1) is 0 Å². The Labute approximate surface area is 143 Å². The molecule has 0 bridgehead atoms. The van der Waals surface area contributed by atoms with Crippen molar-refractivity contribution >= 4 is 23.2 Å². The van der Waals surface area contributed by atoms with Gasteiger partial charge < -0.3 is 10.2 Å². The molecule has 0 fully saturated rings. The van der Waals surface area contributed by atoms with Gasteiger partial charge in [-0.2, -0.15) is 0 Å².